The summed E-state index contributed by atoms with van der Waals surface area (Å²) in [5.41, 5.74) is -0.455. The van der Waals surface area contributed by atoms with Crippen LogP contribution in [0.1, 0.15) is 15.5 Å². The van der Waals surface area contributed by atoms with Gasteiger partial charge in [0.15, 0.2) is 5.69 Å². The highest BCUT2D eigenvalue weighted by atomic mass is 32.1. The third kappa shape index (κ3) is 2.68. The maximum atomic E-state index is 11.9. The largest absolute Gasteiger partial charge is 0.505 e. The first-order chi connectivity index (χ1) is 8.99. The van der Waals surface area contributed by atoms with Gasteiger partial charge in [-0.1, -0.05) is 6.07 Å². The number of nitro benzene ring substituents is 1. The number of phenols is 1. The average Bonchev–Trinajstić information content (AvgIpc) is 2.78. The quantitative estimate of drug-likeness (QED) is 0.509. The summed E-state index contributed by atoms with van der Waals surface area (Å²) >= 11 is 1.29. The standard InChI is InChI=1S/C11H9N3O4S/c1-6-12-7(5-19-6)11(16)13-10-8(14(17)18)3-2-4-9(10)15/h2-5,15H,1H3,(H,13,16). The van der Waals surface area contributed by atoms with Crippen LogP contribution >= 0.6 is 11.3 Å². The number of amides is 1. The monoisotopic (exact) mass is 279 g/mol. The average molecular weight is 279 g/mol. The van der Waals surface area contributed by atoms with E-state index in [1.54, 1.807) is 6.92 Å². The summed E-state index contributed by atoms with van der Waals surface area (Å²) in [4.78, 5) is 26.0. The minimum atomic E-state index is -0.679. The molecule has 0 saturated carbocycles. The number of nitro groups is 1. The van der Waals surface area contributed by atoms with Crippen molar-refractivity contribution in [2.24, 2.45) is 0 Å². The van der Waals surface area contributed by atoms with Crippen LogP contribution < -0.4 is 5.32 Å². The second-order valence-electron chi connectivity index (χ2n) is 3.63. The van der Waals surface area contributed by atoms with E-state index in [0.29, 0.717) is 5.01 Å². The third-order valence-electron chi connectivity index (χ3n) is 2.31. The minimum Gasteiger partial charge on any atom is -0.505 e. The Hall–Kier alpha value is -2.48. The van der Waals surface area contributed by atoms with Gasteiger partial charge in [-0.3, -0.25) is 14.9 Å². The van der Waals surface area contributed by atoms with Gasteiger partial charge < -0.3 is 10.4 Å². The third-order valence-corrected chi connectivity index (χ3v) is 3.08. The molecule has 0 spiro atoms. The van der Waals surface area contributed by atoms with E-state index >= 15 is 0 Å². The van der Waals surface area contributed by atoms with Crippen LogP contribution in [0.15, 0.2) is 23.6 Å². The number of hydrogen-bond acceptors (Lipinski definition) is 6. The van der Waals surface area contributed by atoms with Crippen LogP contribution in [0.3, 0.4) is 0 Å². The highest BCUT2D eigenvalue weighted by Gasteiger charge is 2.21. The Kier molecular flexibility index (Phi) is 3.43. The van der Waals surface area contributed by atoms with Crippen LogP contribution in [-0.2, 0) is 0 Å². The van der Waals surface area contributed by atoms with Crippen molar-refractivity contribution in [3.05, 3.63) is 44.4 Å². The molecule has 98 valence electrons. The van der Waals surface area contributed by atoms with Crippen LogP contribution in [0.25, 0.3) is 0 Å². The summed E-state index contributed by atoms with van der Waals surface area (Å²) in [5.74, 6) is -0.969. The number of anilines is 1. The lowest BCUT2D eigenvalue weighted by Gasteiger charge is -2.06. The molecule has 1 amide bonds. The van der Waals surface area contributed by atoms with Crippen molar-refractivity contribution in [3.63, 3.8) is 0 Å². The molecule has 0 atom stereocenters. The molecule has 0 aliphatic rings. The number of aryl methyl sites for hydroxylation is 1. The SMILES string of the molecule is Cc1nc(C(=O)Nc2c(O)cccc2[N+](=O)[O-])cs1. The number of thiazole rings is 1. The Bertz CT molecular complexity index is 653. The zero-order chi connectivity index (χ0) is 14.0. The van der Waals surface area contributed by atoms with E-state index in [0.717, 1.165) is 0 Å². The molecule has 0 unspecified atom stereocenters. The van der Waals surface area contributed by atoms with E-state index in [4.69, 9.17) is 0 Å². The Morgan fingerprint density at radius 1 is 1.53 bits per heavy atom. The lowest BCUT2D eigenvalue weighted by atomic mass is 10.2. The van der Waals surface area contributed by atoms with Gasteiger partial charge in [-0.2, -0.15) is 0 Å². The summed E-state index contributed by atoms with van der Waals surface area (Å²) in [6.07, 6.45) is 0. The molecule has 7 nitrogen and oxygen atoms in total. The number of hydrogen-bond donors (Lipinski definition) is 2. The summed E-state index contributed by atoms with van der Waals surface area (Å²) in [6.45, 7) is 1.74. The number of benzene rings is 1. The number of aromatic hydroxyl groups is 1. The Morgan fingerprint density at radius 2 is 2.26 bits per heavy atom. The molecular formula is C11H9N3O4S. The van der Waals surface area contributed by atoms with Crippen molar-refractivity contribution >= 4 is 28.6 Å². The fourth-order valence-corrected chi connectivity index (χ4v) is 2.05. The van der Waals surface area contributed by atoms with Gasteiger partial charge in [0, 0.05) is 11.4 Å². The number of para-hydroxylation sites is 1. The zero-order valence-electron chi connectivity index (χ0n) is 9.78. The lowest BCUT2D eigenvalue weighted by molar-refractivity contribution is -0.384. The molecule has 1 heterocycles. The highest BCUT2D eigenvalue weighted by molar-refractivity contribution is 7.09. The van der Waals surface area contributed by atoms with E-state index in [1.165, 1.54) is 34.9 Å². The molecule has 0 aliphatic heterocycles. The van der Waals surface area contributed by atoms with Gasteiger partial charge in [-0.15, -0.1) is 11.3 Å². The maximum absolute atomic E-state index is 11.9. The number of phenolic OH excluding ortho intramolecular Hbond substituents is 1. The normalized spacial score (nSPS) is 10.2. The first-order valence-electron chi connectivity index (χ1n) is 5.19. The zero-order valence-corrected chi connectivity index (χ0v) is 10.6. The molecule has 2 aromatic rings. The maximum Gasteiger partial charge on any atom is 0.296 e. The van der Waals surface area contributed by atoms with Crippen molar-refractivity contribution < 1.29 is 14.8 Å². The van der Waals surface area contributed by atoms with Gasteiger partial charge in [0.25, 0.3) is 11.6 Å². The topological polar surface area (TPSA) is 105 Å². The number of aromatic nitrogens is 1. The Morgan fingerprint density at radius 3 is 2.84 bits per heavy atom. The Balaban J connectivity index is 2.33. The molecule has 0 aliphatic carbocycles. The summed E-state index contributed by atoms with van der Waals surface area (Å²) in [5, 5.41) is 25.0. The second kappa shape index (κ2) is 5.02. The molecule has 19 heavy (non-hydrogen) atoms. The summed E-state index contributed by atoms with van der Waals surface area (Å²) in [6, 6.07) is 3.78. The second-order valence-corrected chi connectivity index (χ2v) is 4.70. The smallest absolute Gasteiger partial charge is 0.296 e. The Labute approximate surface area is 111 Å². The predicted octanol–water partition coefficient (Wildman–Crippen LogP) is 2.32. The van der Waals surface area contributed by atoms with Crippen molar-refractivity contribution in [1.82, 2.24) is 4.98 Å². The number of carbonyl (C=O) groups is 1. The van der Waals surface area contributed by atoms with Crippen LogP contribution in [0.2, 0.25) is 0 Å². The van der Waals surface area contributed by atoms with E-state index in [2.05, 4.69) is 10.3 Å². The van der Waals surface area contributed by atoms with Gasteiger partial charge >= 0.3 is 0 Å². The summed E-state index contributed by atoms with van der Waals surface area (Å²) < 4.78 is 0. The minimum absolute atomic E-state index is 0.153. The highest BCUT2D eigenvalue weighted by Crippen LogP contribution is 2.33. The molecule has 0 fully saturated rings. The van der Waals surface area contributed by atoms with Crippen LogP contribution in [-0.4, -0.2) is 20.9 Å². The van der Waals surface area contributed by atoms with E-state index in [1.807, 2.05) is 0 Å². The number of nitrogens with zero attached hydrogens (tertiary/aromatic N) is 2. The molecule has 2 N–H and O–H groups in total. The molecule has 1 aromatic heterocycles. The van der Waals surface area contributed by atoms with E-state index in [-0.39, 0.29) is 22.8 Å². The van der Waals surface area contributed by atoms with Crippen molar-refractivity contribution in [2.75, 3.05) is 5.32 Å². The molecule has 0 saturated heterocycles. The van der Waals surface area contributed by atoms with Crippen LogP contribution in [0, 0.1) is 17.0 Å². The first kappa shape index (κ1) is 13.0. The molecular weight excluding hydrogens is 270 g/mol. The fraction of sp³-hybridized carbons (Fsp3) is 0.0909. The van der Waals surface area contributed by atoms with E-state index in [9.17, 15) is 20.0 Å². The summed E-state index contributed by atoms with van der Waals surface area (Å²) in [7, 11) is 0. The van der Waals surface area contributed by atoms with E-state index < -0.39 is 10.8 Å². The van der Waals surface area contributed by atoms with Crippen molar-refractivity contribution in [2.45, 2.75) is 6.92 Å². The molecule has 0 radical (unpaired) electrons. The van der Waals surface area contributed by atoms with Crippen molar-refractivity contribution in [3.8, 4) is 5.75 Å². The molecule has 8 heteroatoms. The van der Waals surface area contributed by atoms with Gasteiger partial charge in [0.1, 0.15) is 11.4 Å². The van der Waals surface area contributed by atoms with Gasteiger partial charge in [0.05, 0.1) is 9.93 Å². The molecule has 2 rings (SSSR count). The van der Waals surface area contributed by atoms with Crippen LogP contribution in [0.4, 0.5) is 11.4 Å². The van der Waals surface area contributed by atoms with Crippen molar-refractivity contribution in [1.29, 1.82) is 0 Å². The van der Waals surface area contributed by atoms with Gasteiger partial charge in [0.2, 0.25) is 0 Å². The predicted molar refractivity (Wildman–Crippen MR) is 69.6 cm³/mol. The number of rotatable bonds is 3. The number of nitrogens with one attached hydrogen (secondary N) is 1. The number of carbonyl (C=O) groups excluding carboxylic acids is 1. The van der Waals surface area contributed by atoms with Gasteiger partial charge in [-0.05, 0) is 13.0 Å². The molecule has 0 bridgehead atoms. The van der Waals surface area contributed by atoms with Crippen LogP contribution in [0.5, 0.6) is 5.75 Å². The lowest BCUT2D eigenvalue weighted by Crippen LogP contribution is -2.13. The first-order valence-corrected chi connectivity index (χ1v) is 6.07. The van der Waals surface area contributed by atoms with Gasteiger partial charge in [-0.25, -0.2) is 4.98 Å². The fourth-order valence-electron chi connectivity index (χ4n) is 1.45. The molecule has 1 aromatic carbocycles.